The molecule has 0 aliphatic carbocycles. The lowest BCUT2D eigenvalue weighted by molar-refractivity contribution is 0.0955. The van der Waals surface area contributed by atoms with E-state index in [2.05, 4.69) is 10.5 Å². The van der Waals surface area contributed by atoms with Gasteiger partial charge < -0.3 is 15.3 Å². The number of carbonyl (C=O) groups excluding carboxylic acids is 1. The van der Waals surface area contributed by atoms with Crippen LogP contribution < -0.4 is 5.43 Å². The Labute approximate surface area is 172 Å². The van der Waals surface area contributed by atoms with Gasteiger partial charge in [0.25, 0.3) is 5.91 Å². The van der Waals surface area contributed by atoms with Gasteiger partial charge in [-0.05, 0) is 53.6 Å². The predicted octanol–water partition coefficient (Wildman–Crippen LogP) is 4.39. The molecule has 0 saturated carbocycles. The first kappa shape index (κ1) is 20.0. The summed E-state index contributed by atoms with van der Waals surface area (Å²) in [6.45, 7) is 0. The van der Waals surface area contributed by atoms with E-state index < -0.39 is 5.91 Å². The standard InChI is InChI=1S/C22H17ClN2O4/c23-17-7-5-15(6-8-17)22(29)25-24-13-20-16(11-19(27)12-21(20)28)4-1-14-2-9-18(26)10-3-14/h1-13,26-28H,(H,25,29)/b4-1+,24-13-. The summed E-state index contributed by atoms with van der Waals surface area (Å²) in [5.41, 5.74) is 4.37. The molecule has 29 heavy (non-hydrogen) atoms. The van der Waals surface area contributed by atoms with Gasteiger partial charge in [-0.1, -0.05) is 35.9 Å². The largest absolute Gasteiger partial charge is 0.508 e. The Morgan fingerprint density at radius 3 is 2.28 bits per heavy atom. The molecule has 146 valence electrons. The zero-order valence-corrected chi connectivity index (χ0v) is 15.8. The molecule has 0 aliphatic heterocycles. The van der Waals surface area contributed by atoms with Gasteiger partial charge in [-0.3, -0.25) is 4.79 Å². The summed E-state index contributed by atoms with van der Waals surface area (Å²) < 4.78 is 0. The molecule has 0 unspecified atom stereocenters. The molecule has 0 spiro atoms. The molecule has 0 saturated heterocycles. The van der Waals surface area contributed by atoms with Gasteiger partial charge in [-0.2, -0.15) is 5.10 Å². The lowest BCUT2D eigenvalue weighted by Crippen LogP contribution is -2.17. The van der Waals surface area contributed by atoms with Crippen LogP contribution in [-0.2, 0) is 0 Å². The number of nitrogens with zero attached hydrogens (tertiary/aromatic N) is 1. The molecule has 0 bridgehead atoms. The quantitative estimate of drug-likeness (QED) is 0.285. The zero-order chi connectivity index (χ0) is 20.8. The Kier molecular flexibility index (Phi) is 6.16. The number of hydrogen-bond donors (Lipinski definition) is 4. The molecule has 3 aromatic carbocycles. The topological polar surface area (TPSA) is 102 Å². The van der Waals surface area contributed by atoms with Gasteiger partial charge in [0.05, 0.1) is 6.21 Å². The molecule has 0 radical (unpaired) electrons. The van der Waals surface area contributed by atoms with Crippen LogP contribution in [0.1, 0.15) is 27.0 Å². The van der Waals surface area contributed by atoms with Gasteiger partial charge in [-0.25, -0.2) is 5.43 Å². The Morgan fingerprint density at radius 2 is 1.59 bits per heavy atom. The van der Waals surface area contributed by atoms with Crippen molar-refractivity contribution < 1.29 is 20.1 Å². The summed E-state index contributed by atoms with van der Waals surface area (Å²) in [6.07, 6.45) is 4.71. The van der Waals surface area contributed by atoms with Crippen LogP contribution in [0.5, 0.6) is 17.2 Å². The highest BCUT2D eigenvalue weighted by Gasteiger charge is 2.08. The number of hydrogen-bond acceptors (Lipinski definition) is 5. The van der Waals surface area contributed by atoms with Crippen LogP contribution in [-0.4, -0.2) is 27.4 Å². The van der Waals surface area contributed by atoms with E-state index in [4.69, 9.17) is 11.6 Å². The van der Waals surface area contributed by atoms with E-state index in [0.29, 0.717) is 21.7 Å². The first-order valence-corrected chi connectivity index (χ1v) is 8.92. The van der Waals surface area contributed by atoms with E-state index in [0.717, 1.165) is 5.56 Å². The molecule has 3 aromatic rings. The number of halogens is 1. The number of aromatic hydroxyl groups is 3. The third-order valence-electron chi connectivity index (χ3n) is 3.99. The summed E-state index contributed by atoms with van der Waals surface area (Å²) in [5.74, 6) is -0.589. The molecular formula is C22H17ClN2O4. The highest BCUT2D eigenvalue weighted by Crippen LogP contribution is 2.27. The molecule has 1 amide bonds. The van der Waals surface area contributed by atoms with Gasteiger partial charge in [0.2, 0.25) is 0 Å². The zero-order valence-electron chi connectivity index (χ0n) is 15.1. The average molecular weight is 409 g/mol. The molecule has 7 heteroatoms. The summed E-state index contributed by atoms with van der Waals surface area (Å²) in [7, 11) is 0. The number of nitrogens with one attached hydrogen (secondary N) is 1. The summed E-state index contributed by atoms with van der Waals surface area (Å²) >= 11 is 5.80. The van der Waals surface area contributed by atoms with Crippen LogP contribution in [0.2, 0.25) is 5.02 Å². The maximum atomic E-state index is 12.1. The summed E-state index contributed by atoms with van der Waals surface area (Å²) in [5, 5.41) is 33.7. The number of rotatable bonds is 5. The van der Waals surface area contributed by atoms with E-state index in [-0.39, 0.29) is 17.2 Å². The van der Waals surface area contributed by atoms with E-state index in [1.165, 1.54) is 18.3 Å². The molecule has 0 aromatic heterocycles. The number of phenols is 3. The lowest BCUT2D eigenvalue weighted by Gasteiger charge is -2.06. The maximum Gasteiger partial charge on any atom is 0.271 e. The number of benzene rings is 3. The fraction of sp³-hybridized carbons (Fsp3) is 0. The molecule has 0 aliphatic rings. The minimum atomic E-state index is -0.433. The molecule has 6 nitrogen and oxygen atoms in total. The Morgan fingerprint density at radius 1 is 0.897 bits per heavy atom. The van der Waals surface area contributed by atoms with Crippen LogP contribution in [0.25, 0.3) is 12.2 Å². The fourth-order valence-electron chi connectivity index (χ4n) is 2.52. The van der Waals surface area contributed by atoms with Crippen molar-refractivity contribution >= 4 is 35.9 Å². The second kappa shape index (κ2) is 8.95. The maximum absolute atomic E-state index is 12.1. The van der Waals surface area contributed by atoms with Crippen molar-refractivity contribution in [1.29, 1.82) is 0 Å². The monoisotopic (exact) mass is 408 g/mol. The first-order chi connectivity index (χ1) is 13.9. The number of carbonyl (C=O) groups is 1. The number of phenolic OH excluding ortho intramolecular Hbond substituents is 3. The molecule has 0 fully saturated rings. The van der Waals surface area contributed by atoms with E-state index in [9.17, 15) is 20.1 Å². The Balaban J connectivity index is 1.80. The molecule has 0 atom stereocenters. The van der Waals surface area contributed by atoms with Crippen molar-refractivity contribution in [2.24, 2.45) is 5.10 Å². The highest BCUT2D eigenvalue weighted by molar-refractivity contribution is 6.30. The van der Waals surface area contributed by atoms with Crippen molar-refractivity contribution in [1.82, 2.24) is 5.43 Å². The van der Waals surface area contributed by atoms with Gasteiger partial charge >= 0.3 is 0 Å². The second-order valence-corrected chi connectivity index (χ2v) is 6.54. The van der Waals surface area contributed by atoms with Crippen molar-refractivity contribution in [2.75, 3.05) is 0 Å². The SMILES string of the molecule is O=C(N/N=C\c1c(O)cc(O)cc1/C=C/c1ccc(O)cc1)c1ccc(Cl)cc1. The second-order valence-electron chi connectivity index (χ2n) is 6.10. The predicted molar refractivity (Wildman–Crippen MR) is 113 cm³/mol. The normalized spacial score (nSPS) is 11.2. The van der Waals surface area contributed by atoms with Crippen molar-refractivity contribution in [3.8, 4) is 17.2 Å². The highest BCUT2D eigenvalue weighted by atomic mass is 35.5. The van der Waals surface area contributed by atoms with Gasteiger partial charge in [-0.15, -0.1) is 0 Å². The smallest absolute Gasteiger partial charge is 0.271 e. The Bertz CT molecular complexity index is 1080. The van der Waals surface area contributed by atoms with Gasteiger partial charge in [0.1, 0.15) is 17.2 Å². The van der Waals surface area contributed by atoms with E-state index in [1.54, 1.807) is 60.7 Å². The average Bonchev–Trinajstić information content (AvgIpc) is 2.69. The summed E-state index contributed by atoms with van der Waals surface area (Å²) in [4.78, 5) is 12.1. The third kappa shape index (κ3) is 5.37. The minimum Gasteiger partial charge on any atom is -0.508 e. The van der Waals surface area contributed by atoms with E-state index in [1.807, 2.05) is 0 Å². The molecule has 3 rings (SSSR count). The number of amides is 1. The first-order valence-electron chi connectivity index (χ1n) is 8.54. The molecule has 0 heterocycles. The van der Waals surface area contributed by atoms with Gasteiger partial charge in [0, 0.05) is 22.2 Å². The van der Waals surface area contributed by atoms with E-state index >= 15 is 0 Å². The van der Waals surface area contributed by atoms with Crippen LogP contribution in [0.4, 0.5) is 0 Å². The van der Waals surface area contributed by atoms with Gasteiger partial charge in [0.15, 0.2) is 0 Å². The van der Waals surface area contributed by atoms with Crippen molar-refractivity contribution in [3.63, 3.8) is 0 Å². The van der Waals surface area contributed by atoms with Crippen LogP contribution >= 0.6 is 11.6 Å². The van der Waals surface area contributed by atoms with Crippen molar-refractivity contribution in [2.45, 2.75) is 0 Å². The third-order valence-corrected chi connectivity index (χ3v) is 4.24. The molecule has 4 N–H and O–H groups in total. The Hall–Kier alpha value is -3.77. The fourth-order valence-corrected chi connectivity index (χ4v) is 2.64. The summed E-state index contributed by atoms with van der Waals surface area (Å²) in [6, 6.07) is 15.5. The van der Waals surface area contributed by atoms with Crippen LogP contribution in [0, 0.1) is 0 Å². The minimum absolute atomic E-state index is 0.116. The van der Waals surface area contributed by atoms with Crippen LogP contribution in [0.15, 0.2) is 65.8 Å². The van der Waals surface area contributed by atoms with Crippen molar-refractivity contribution in [3.05, 3.63) is 87.9 Å². The van der Waals surface area contributed by atoms with Crippen LogP contribution in [0.3, 0.4) is 0 Å². The molecular weight excluding hydrogens is 392 g/mol. The number of hydrazone groups is 1. The lowest BCUT2D eigenvalue weighted by atomic mass is 10.0.